The van der Waals surface area contributed by atoms with E-state index in [-0.39, 0.29) is 12.6 Å². The minimum atomic E-state index is -0.290. The molecule has 0 aliphatic carbocycles. The van der Waals surface area contributed by atoms with Gasteiger partial charge in [0.05, 0.1) is 14.2 Å². The highest BCUT2D eigenvalue weighted by Gasteiger charge is 2.02. The summed E-state index contributed by atoms with van der Waals surface area (Å²) in [5, 5.41) is 0. The Bertz CT molecular complexity index is 410. The molecule has 0 fully saturated rings. The highest BCUT2D eigenvalue weighted by atomic mass is 16.5. The predicted octanol–water partition coefficient (Wildman–Crippen LogP) is 2.28. The molecule has 0 aliphatic rings. The number of benzene rings is 1. The van der Waals surface area contributed by atoms with Crippen molar-refractivity contribution in [3.63, 3.8) is 0 Å². The number of carbonyl (C=O) groups excluding carboxylic acids is 1. The molecule has 0 amide bonds. The minimum Gasteiger partial charge on any atom is -0.493 e. The van der Waals surface area contributed by atoms with E-state index in [0.29, 0.717) is 11.5 Å². The Kier molecular flexibility index (Phi) is 5.07. The van der Waals surface area contributed by atoms with Gasteiger partial charge in [0.15, 0.2) is 11.5 Å². The smallest absolute Gasteiger partial charge is 0.302 e. The Morgan fingerprint density at radius 1 is 1.24 bits per heavy atom. The second-order valence-corrected chi connectivity index (χ2v) is 3.32. The summed E-state index contributed by atoms with van der Waals surface area (Å²) in [5.74, 6) is 1.06. The fourth-order valence-corrected chi connectivity index (χ4v) is 1.31. The van der Waals surface area contributed by atoms with Gasteiger partial charge in [-0.05, 0) is 23.8 Å². The van der Waals surface area contributed by atoms with Crippen LogP contribution in [0.25, 0.3) is 6.08 Å². The molecule has 92 valence electrons. The molecule has 0 aliphatic heterocycles. The molecule has 1 aromatic rings. The van der Waals surface area contributed by atoms with Crippen LogP contribution < -0.4 is 9.47 Å². The zero-order valence-corrected chi connectivity index (χ0v) is 10.2. The molecular formula is C13H16O4. The van der Waals surface area contributed by atoms with E-state index in [1.165, 1.54) is 6.92 Å². The molecule has 0 unspecified atom stereocenters. The lowest BCUT2D eigenvalue weighted by molar-refractivity contribution is -0.139. The molecular weight excluding hydrogens is 220 g/mol. The maximum Gasteiger partial charge on any atom is 0.302 e. The van der Waals surface area contributed by atoms with Crippen molar-refractivity contribution >= 4 is 12.0 Å². The average Bonchev–Trinajstić information content (AvgIpc) is 2.34. The summed E-state index contributed by atoms with van der Waals surface area (Å²) in [7, 11) is 3.18. The maximum atomic E-state index is 10.5. The second-order valence-electron chi connectivity index (χ2n) is 3.32. The monoisotopic (exact) mass is 236 g/mol. The van der Waals surface area contributed by atoms with Gasteiger partial charge in [0, 0.05) is 6.92 Å². The quantitative estimate of drug-likeness (QED) is 0.736. The van der Waals surface area contributed by atoms with Gasteiger partial charge in [-0.3, -0.25) is 4.79 Å². The van der Waals surface area contributed by atoms with E-state index in [2.05, 4.69) is 0 Å². The normalized spacial score (nSPS) is 10.3. The van der Waals surface area contributed by atoms with Gasteiger partial charge in [0.2, 0.25) is 0 Å². The van der Waals surface area contributed by atoms with Crippen LogP contribution in [-0.4, -0.2) is 26.8 Å². The SMILES string of the molecule is COc1ccc(C=CCOC(C)=O)cc1OC. The van der Waals surface area contributed by atoms with Crippen LogP contribution in [0, 0.1) is 0 Å². The van der Waals surface area contributed by atoms with Gasteiger partial charge in [-0.1, -0.05) is 12.1 Å². The van der Waals surface area contributed by atoms with E-state index in [0.717, 1.165) is 5.56 Å². The van der Waals surface area contributed by atoms with Crippen LogP contribution in [0.3, 0.4) is 0 Å². The van der Waals surface area contributed by atoms with Crippen molar-refractivity contribution in [3.8, 4) is 11.5 Å². The zero-order chi connectivity index (χ0) is 12.7. The molecule has 0 saturated carbocycles. The third-order valence-electron chi connectivity index (χ3n) is 2.10. The topological polar surface area (TPSA) is 44.8 Å². The summed E-state index contributed by atoms with van der Waals surface area (Å²) in [6, 6.07) is 5.57. The number of ether oxygens (including phenoxy) is 3. The van der Waals surface area contributed by atoms with E-state index in [1.54, 1.807) is 20.3 Å². The highest BCUT2D eigenvalue weighted by Crippen LogP contribution is 2.27. The van der Waals surface area contributed by atoms with Gasteiger partial charge in [0.25, 0.3) is 0 Å². The lowest BCUT2D eigenvalue weighted by Crippen LogP contribution is -1.97. The molecule has 0 saturated heterocycles. The summed E-state index contributed by atoms with van der Waals surface area (Å²) < 4.78 is 15.1. The molecule has 0 N–H and O–H groups in total. The lowest BCUT2D eigenvalue weighted by Gasteiger charge is -2.07. The van der Waals surface area contributed by atoms with Crippen LogP contribution in [0.5, 0.6) is 11.5 Å². The van der Waals surface area contributed by atoms with E-state index in [9.17, 15) is 4.79 Å². The molecule has 0 atom stereocenters. The maximum absolute atomic E-state index is 10.5. The summed E-state index contributed by atoms with van der Waals surface area (Å²) in [4.78, 5) is 10.5. The Morgan fingerprint density at radius 3 is 2.53 bits per heavy atom. The van der Waals surface area contributed by atoms with Gasteiger partial charge in [0.1, 0.15) is 6.61 Å². The number of carbonyl (C=O) groups is 1. The number of hydrogen-bond acceptors (Lipinski definition) is 4. The Labute approximate surface area is 101 Å². The molecule has 1 aromatic carbocycles. The van der Waals surface area contributed by atoms with Crippen LogP contribution in [0.15, 0.2) is 24.3 Å². The molecule has 17 heavy (non-hydrogen) atoms. The van der Waals surface area contributed by atoms with Crippen molar-refractivity contribution in [1.29, 1.82) is 0 Å². The Morgan fingerprint density at radius 2 is 1.94 bits per heavy atom. The van der Waals surface area contributed by atoms with Crippen LogP contribution in [0.1, 0.15) is 12.5 Å². The van der Waals surface area contributed by atoms with E-state index >= 15 is 0 Å². The standard InChI is InChI=1S/C13H16O4/c1-10(14)17-8-4-5-11-6-7-12(15-2)13(9-11)16-3/h4-7,9H,8H2,1-3H3. The third-order valence-corrected chi connectivity index (χ3v) is 2.10. The Balaban J connectivity index is 2.68. The first-order valence-electron chi connectivity index (χ1n) is 5.19. The zero-order valence-electron chi connectivity index (χ0n) is 10.2. The van der Waals surface area contributed by atoms with Crippen LogP contribution in [0.2, 0.25) is 0 Å². The lowest BCUT2D eigenvalue weighted by atomic mass is 10.2. The Hall–Kier alpha value is -1.97. The van der Waals surface area contributed by atoms with Gasteiger partial charge < -0.3 is 14.2 Å². The third kappa shape index (κ3) is 4.18. The second kappa shape index (κ2) is 6.58. The highest BCUT2D eigenvalue weighted by molar-refractivity contribution is 5.66. The first kappa shape index (κ1) is 13.1. The van der Waals surface area contributed by atoms with Gasteiger partial charge in [-0.2, -0.15) is 0 Å². The molecule has 0 radical (unpaired) electrons. The van der Waals surface area contributed by atoms with Crippen molar-refractivity contribution < 1.29 is 19.0 Å². The fourth-order valence-electron chi connectivity index (χ4n) is 1.31. The number of rotatable bonds is 5. The molecule has 0 aromatic heterocycles. The molecule has 4 heteroatoms. The molecule has 0 bridgehead atoms. The predicted molar refractivity (Wildman–Crippen MR) is 65.2 cm³/mol. The minimum absolute atomic E-state index is 0.268. The number of esters is 1. The van der Waals surface area contributed by atoms with Crippen LogP contribution in [0.4, 0.5) is 0 Å². The summed E-state index contributed by atoms with van der Waals surface area (Å²) in [6.45, 7) is 1.65. The van der Waals surface area contributed by atoms with Crippen molar-refractivity contribution in [2.75, 3.05) is 20.8 Å². The van der Waals surface area contributed by atoms with Crippen molar-refractivity contribution in [3.05, 3.63) is 29.8 Å². The summed E-state index contributed by atoms with van der Waals surface area (Å²) in [5.41, 5.74) is 0.954. The average molecular weight is 236 g/mol. The fraction of sp³-hybridized carbons (Fsp3) is 0.308. The number of hydrogen-bond donors (Lipinski definition) is 0. The van der Waals surface area contributed by atoms with E-state index in [1.807, 2.05) is 24.3 Å². The first-order valence-corrected chi connectivity index (χ1v) is 5.19. The van der Waals surface area contributed by atoms with Crippen molar-refractivity contribution in [1.82, 2.24) is 0 Å². The first-order chi connectivity index (χ1) is 8.17. The summed E-state index contributed by atoms with van der Waals surface area (Å²) in [6.07, 6.45) is 3.62. The molecule has 0 spiro atoms. The van der Waals surface area contributed by atoms with Crippen LogP contribution >= 0.6 is 0 Å². The number of methoxy groups -OCH3 is 2. The summed E-state index contributed by atoms with van der Waals surface area (Å²) >= 11 is 0. The van der Waals surface area contributed by atoms with Crippen molar-refractivity contribution in [2.45, 2.75) is 6.92 Å². The van der Waals surface area contributed by atoms with E-state index in [4.69, 9.17) is 14.2 Å². The molecule has 0 heterocycles. The van der Waals surface area contributed by atoms with Crippen molar-refractivity contribution in [2.24, 2.45) is 0 Å². The van der Waals surface area contributed by atoms with Gasteiger partial charge in [-0.15, -0.1) is 0 Å². The van der Waals surface area contributed by atoms with Crippen LogP contribution in [-0.2, 0) is 9.53 Å². The molecule has 1 rings (SSSR count). The van der Waals surface area contributed by atoms with Gasteiger partial charge >= 0.3 is 5.97 Å². The molecule has 4 nitrogen and oxygen atoms in total. The van der Waals surface area contributed by atoms with Gasteiger partial charge in [-0.25, -0.2) is 0 Å². The largest absolute Gasteiger partial charge is 0.493 e. The van der Waals surface area contributed by atoms with E-state index < -0.39 is 0 Å².